The predicted octanol–water partition coefficient (Wildman–Crippen LogP) is 4.35. The SMILES string of the molecule is C(=C1CCCN=C1c1cccnc1)c1ccc(N2CCCC2)cc1. The Morgan fingerprint density at radius 1 is 0.958 bits per heavy atom. The summed E-state index contributed by atoms with van der Waals surface area (Å²) in [6.07, 6.45) is 10.9. The second kappa shape index (κ2) is 7.00. The molecule has 1 fully saturated rings. The monoisotopic (exact) mass is 317 g/mol. The molecule has 0 unspecified atom stereocenters. The number of rotatable bonds is 3. The van der Waals surface area contributed by atoms with Gasteiger partial charge in [-0.05, 0) is 67.2 Å². The first-order valence-electron chi connectivity index (χ1n) is 8.91. The third-order valence-corrected chi connectivity index (χ3v) is 4.82. The van der Waals surface area contributed by atoms with Crippen LogP contribution in [0.1, 0.15) is 36.8 Å². The summed E-state index contributed by atoms with van der Waals surface area (Å²) < 4.78 is 0. The molecule has 0 aliphatic carbocycles. The molecule has 24 heavy (non-hydrogen) atoms. The summed E-state index contributed by atoms with van der Waals surface area (Å²) in [6, 6.07) is 13.0. The van der Waals surface area contributed by atoms with Crippen molar-refractivity contribution in [2.45, 2.75) is 25.7 Å². The molecule has 1 aromatic heterocycles. The van der Waals surface area contributed by atoms with Crippen molar-refractivity contribution in [1.82, 2.24) is 4.98 Å². The van der Waals surface area contributed by atoms with Gasteiger partial charge in [-0.2, -0.15) is 0 Å². The van der Waals surface area contributed by atoms with Crippen molar-refractivity contribution in [2.24, 2.45) is 4.99 Å². The predicted molar refractivity (Wildman–Crippen MR) is 101 cm³/mol. The van der Waals surface area contributed by atoms with E-state index in [0.29, 0.717) is 0 Å². The van der Waals surface area contributed by atoms with Gasteiger partial charge in [0.15, 0.2) is 0 Å². The molecule has 0 bridgehead atoms. The van der Waals surface area contributed by atoms with Crippen LogP contribution in [-0.4, -0.2) is 30.3 Å². The van der Waals surface area contributed by atoms with Gasteiger partial charge in [0.25, 0.3) is 0 Å². The van der Waals surface area contributed by atoms with E-state index in [4.69, 9.17) is 4.99 Å². The van der Waals surface area contributed by atoms with Gasteiger partial charge in [0.1, 0.15) is 0 Å². The van der Waals surface area contributed by atoms with Crippen LogP contribution in [0.2, 0.25) is 0 Å². The molecule has 2 aliphatic rings. The minimum absolute atomic E-state index is 0.912. The summed E-state index contributed by atoms with van der Waals surface area (Å²) in [5, 5.41) is 0. The Hall–Kier alpha value is -2.42. The minimum atomic E-state index is 0.912. The maximum absolute atomic E-state index is 4.76. The van der Waals surface area contributed by atoms with Crippen molar-refractivity contribution in [2.75, 3.05) is 24.5 Å². The van der Waals surface area contributed by atoms with E-state index in [-0.39, 0.29) is 0 Å². The summed E-state index contributed by atoms with van der Waals surface area (Å²) in [7, 11) is 0. The quantitative estimate of drug-likeness (QED) is 0.842. The van der Waals surface area contributed by atoms with E-state index in [1.54, 1.807) is 0 Å². The maximum Gasteiger partial charge on any atom is 0.0694 e. The third-order valence-electron chi connectivity index (χ3n) is 4.82. The standard InChI is InChI=1S/C21H23N3/c1-2-14-24(13-1)20-9-7-17(8-10-20)15-18-5-4-12-23-21(18)19-6-3-11-22-16-19/h3,6-11,15-16H,1-2,4-5,12-14H2. The minimum Gasteiger partial charge on any atom is -0.372 e. The first kappa shape index (κ1) is 15.1. The summed E-state index contributed by atoms with van der Waals surface area (Å²) in [4.78, 5) is 11.5. The van der Waals surface area contributed by atoms with Crippen LogP contribution < -0.4 is 4.90 Å². The molecule has 3 nitrogen and oxygen atoms in total. The van der Waals surface area contributed by atoms with Gasteiger partial charge in [0, 0.05) is 43.3 Å². The van der Waals surface area contributed by atoms with Crippen LogP contribution in [0.25, 0.3) is 6.08 Å². The van der Waals surface area contributed by atoms with Crippen molar-refractivity contribution < 1.29 is 0 Å². The fourth-order valence-corrected chi connectivity index (χ4v) is 3.56. The summed E-state index contributed by atoms with van der Waals surface area (Å²) >= 11 is 0. The first-order valence-corrected chi connectivity index (χ1v) is 8.91. The number of aliphatic imine (C=N–C) groups is 1. The second-order valence-corrected chi connectivity index (χ2v) is 6.53. The smallest absolute Gasteiger partial charge is 0.0694 e. The molecule has 0 amide bonds. The highest BCUT2D eigenvalue weighted by molar-refractivity contribution is 6.15. The number of nitrogens with zero attached hydrogens (tertiary/aromatic N) is 3. The van der Waals surface area contributed by atoms with Crippen LogP contribution >= 0.6 is 0 Å². The topological polar surface area (TPSA) is 28.5 Å². The molecule has 2 aromatic rings. The summed E-state index contributed by atoms with van der Waals surface area (Å²) in [5.74, 6) is 0. The molecule has 2 aliphatic heterocycles. The van der Waals surface area contributed by atoms with Crippen LogP contribution in [0, 0.1) is 0 Å². The van der Waals surface area contributed by atoms with Crippen LogP contribution in [0.5, 0.6) is 0 Å². The Balaban J connectivity index is 1.59. The number of allylic oxidation sites excluding steroid dienone is 1. The second-order valence-electron chi connectivity index (χ2n) is 6.53. The molecule has 1 aromatic carbocycles. The van der Waals surface area contributed by atoms with Crippen LogP contribution in [0.4, 0.5) is 5.69 Å². The van der Waals surface area contributed by atoms with E-state index < -0.39 is 0 Å². The molecule has 0 radical (unpaired) electrons. The number of aromatic nitrogens is 1. The largest absolute Gasteiger partial charge is 0.372 e. The van der Waals surface area contributed by atoms with Gasteiger partial charge in [-0.15, -0.1) is 0 Å². The fraction of sp³-hybridized carbons (Fsp3) is 0.333. The zero-order chi connectivity index (χ0) is 16.2. The number of hydrogen-bond acceptors (Lipinski definition) is 3. The lowest BCUT2D eigenvalue weighted by molar-refractivity contribution is 0.818. The summed E-state index contributed by atoms with van der Waals surface area (Å²) in [5.41, 5.74) is 6.16. The third kappa shape index (κ3) is 3.25. The average Bonchev–Trinajstić information content (AvgIpc) is 3.18. The normalized spacial score (nSPS) is 19.6. The van der Waals surface area contributed by atoms with E-state index in [1.165, 1.54) is 42.8 Å². The number of pyridine rings is 1. The van der Waals surface area contributed by atoms with Gasteiger partial charge in [0.05, 0.1) is 5.71 Å². The lowest BCUT2D eigenvalue weighted by Gasteiger charge is -2.18. The van der Waals surface area contributed by atoms with Gasteiger partial charge in [-0.3, -0.25) is 9.98 Å². The molecule has 1 saturated heterocycles. The number of hydrogen-bond donors (Lipinski definition) is 0. The number of anilines is 1. The van der Waals surface area contributed by atoms with Crippen LogP contribution in [-0.2, 0) is 0 Å². The van der Waals surface area contributed by atoms with Gasteiger partial charge < -0.3 is 4.90 Å². The molecule has 3 heterocycles. The van der Waals surface area contributed by atoms with Gasteiger partial charge in [-0.25, -0.2) is 0 Å². The fourth-order valence-electron chi connectivity index (χ4n) is 3.56. The Bertz CT molecular complexity index is 738. The van der Waals surface area contributed by atoms with Crippen LogP contribution in [0.3, 0.4) is 0 Å². The van der Waals surface area contributed by atoms with Gasteiger partial charge in [0.2, 0.25) is 0 Å². The van der Waals surface area contributed by atoms with Gasteiger partial charge in [-0.1, -0.05) is 12.1 Å². The lowest BCUT2D eigenvalue weighted by atomic mass is 9.95. The Morgan fingerprint density at radius 3 is 2.54 bits per heavy atom. The molecule has 122 valence electrons. The van der Waals surface area contributed by atoms with Crippen LogP contribution in [0.15, 0.2) is 59.4 Å². The zero-order valence-electron chi connectivity index (χ0n) is 14.0. The average molecular weight is 317 g/mol. The molecule has 4 rings (SSSR count). The van der Waals surface area contributed by atoms with E-state index in [1.807, 2.05) is 18.5 Å². The van der Waals surface area contributed by atoms with E-state index in [2.05, 4.69) is 46.3 Å². The zero-order valence-corrected chi connectivity index (χ0v) is 14.0. The highest BCUT2D eigenvalue weighted by Crippen LogP contribution is 2.24. The Morgan fingerprint density at radius 2 is 1.79 bits per heavy atom. The molecular weight excluding hydrogens is 294 g/mol. The van der Waals surface area contributed by atoms with Crippen molar-refractivity contribution in [1.29, 1.82) is 0 Å². The molecule has 3 heteroatoms. The van der Waals surface area contributed by atoms with Crippen molar-refractivity contribution in [3.05, 3.63) is 65.5 Å². The van der Waals surface area contributed by atoms with Crippen molar-refractivity contribution in [3.8, 4) is 0 Å². The molecule has 0 saturated carbocycles. The molecule has 0 N–H and O–H groups in total. The van der Waals surface area contributed by atoms with Gasteiger partial charge >= 0.3 is 0 Å². The Labute approximate surface area is 143 Å². The number of benzene rings is 1. The highest BCUT2D eigenvalue weighted by atomic mass is 15.1. The van der Waals surface area contributed by atoms with Crippen molar-refractivity contribution in [3.63, 3.8) is 0 Å². The van der Waals surface area contributed by atoms with E-state index in [9.17, 15) is 0 Å². The Kier molecular flexibility index (Phi) is 4.41. The molecule has 0 atom stereocenters. The maximum atomic E-state index is 4.76. The van der Waals surface area contributed by atoms with Crippen molar-refractivity contribution >= 4 is 17.5 Å². The highest BCUT2D eigenvalue weighted by Gasteiger charge is 2.15. The molecule has 0 spiro atoms. The molecular formula is C21H23N3. The first-order chi connectivity index (χ1) is 11.9. The summed E-state index contributed by atoms with van der Waals surface area (Å²) in [6.45, 7) is 3.30. The van der Waals surface area contributed by atoms with E-state index >= 15 is 0 Å². The lowest BCUT2D eigenvalue weighted by Crippen LogP contribution is -2.17. The van der Waals surface area contributed by atoms with E-state index in [0.717, 1.165) is 30.7 Å².